The number of benzene rings is 1. The predicted molar refractivity (Wildman–Crippen MR) is 63.9 cm³/mol. The van der Waals surface area contributed by atoms with Crippen molar-refractivity contribution in [2.45, 2.75) is 6.54 Å². The predicted octanol–water partition coefficient (Wildman–Crippen LogP) is 0.273. The summed E-state index contributed by atoms with van der Waals surface area (Å²) in [5, 5.41) is 6.73. The molecule has 0 fully saturated rings. The van der Waals surface area contributed by atoms with Crippen molar-refractivity contribution in [2.24, 2.45) is 0 Å². The van der Waals surface area contributed by atoms with Gasteiger partial charge in [0.2, 0.25) is 5.91 Å². The Morgan fingerprint density at radius 2 is 2.12 bits per heavy atom. The molecule has 1 heterocycles. The molecule has 0 saturated carbocycles. The van der Waals surface area contributed by atoms with Gasteiger partial charge in [-0.15, -0.1) is 0 Å². The second-order valence-corrected chi connectivity index (χ2v) is 3.56. The van der Waals surface area contributed by atoms with Gasteiger partial charge < -0.3 is 11.1 Å². The average molecular weight is 231 g/mol. The Kier molecular flexibility index (Phi) is 3.04. The first-order valence-corrected chi connectivity index (χ1v) is 5.15. The molecule has 0 spiro atoms. The lowest BCUT2D eigenvalue weighted by Gasteiger charge is -1.98. The van der Waals surface area contributed by atoms with Crippen LogP contribution in [-0.2, 0) is 11.3 Å². The summed E-state index contributed by atoms with van der Waals surface area (Å²) in [6.45, 7) is 0.165. The highest BCUT2D eigenvalue weighted by Gasteiger charge is 2.06. The zero-order valence-electron chi connectivity index (χ0n) is 9.42. The number of anilines is 1. The van der Waals surface area contributed by atoms with Gasteiger partial charge in [0, 0.05) is 18.3 Å². The van der Waals surface area contributed by atoms with E-state index in [9.17, 15) is 4.79 Å². The molecule has 17 heavy (non-hydrogen) atoms. The van der Waals surface area contributed by atoms with E-state index in [0.717, 1.165) is 5.56 Å². The zero-order valence-corrected chi connectivity index (χ0v) is 9.42. The van der Waals surface area contributed by atoms with Crippen LogP contribution in [-0.4, -0.2) is 27.7 Å². The molecule has 0 aliphatic heterocycles. The average Bonchev–Trinajstić information content (AvgIpc) is 2.78. The van der Waals surface area contributed by atoms with Gasteiger partial charge in [0.25, 0.3) is 0 Å². The molecule has 1 aromatic heterocycles. The van der Waals surface area contributed by atoms with E-state index in [2.05, 4.69) is 15.4 Å². The van der Waals surface area contributed by atoms with E-state index >= 15 is 0 Å². The molecule has 3 N–H and O–H groups in total. The molecule has 0 radical (unpaired) electrons. The van der Waals surface area contributed by atoms with Gasteiger partial charge in [-0.25, -0.2) is 9.67 Å². The Hall–Kier alpha value is -2.37. The minimum Gasteiger partial charge on any atom is -0.399 e. The highest BCUT2D eigenvalue weighted by molar-refractivity contribution is 5.75. The van der Waals surface area contributed by atoms with Crippen LogP contribution < -0.4 is 11.1 Å². The summed E-state index contributed by atoms with van der Waals surface area (Å²) in [4.78, 5) is 15.3. The number of amides is 1. The number of nitrogens with zero attached hydrogens (tertiary/aromatic N) is 3. The van der Waals surface area contributed by atoms with Crippen molar-refractivity contribution in [1.29, 1.82) is 0 Å². The van der Waals surface area contributed by atoms with E-state index in [-0.39, 0.29) is 12.5 Å². The summed E-state index contributed by atoms with van der Waals surface area (Å²) in [5.41, 5.74) is 7.16. The number of nitrogens with one attached hydrogen (secondary N) is 1. The fourth-order valence-corrected chi connectivity index (χ4v) is 1.36. The SMILES string of the molecule is CNC(=O)Cn1cnc(-c2ccc(N)cc2)n1. The molecule has 6 heteroatoms. The third-order valence-electron chi connectivity index (χ3n) is 2.29. The van der Waals surface area contributed by atoms with Crippen LogP contribution in [0.1, 0.15) is 0 Å². The molecule has 2 aromatic rings. The van der Waals surface area contributed by atoms with Gasteiger partial charge in [-0.1, -0.05) is 0 Å². The molecular weight excluding hydrogens is 218 g/mol. The maximum Gasteiger partial charge on any atom is 0.241 e. The van der Waals surface area contributed by atoms with Crippen LogP contribution in [0.4, 0.5) is 5.69 Å². The number of hydrogen-bond acceptors (Lipinski definition) is 4. The van der Waals surface area contributed by atoms with Crippen LogP contribution in [0.5, 0.6) is 0 Å². The van der Waals surface area contributed by atoms with Gasteiger partial charge in [-0.3, -0.25) is 4.79 Å². The van der Waals surface area contributed by atoms with Crippen LogP contribution in [0.2, 0.25) is 0 Å². The minimum atomic E-state index is -0.112. The van der Waals surface area contributed by atoms with Gasteiger partial charge in [0.15, 0.2) is 5.82 Å². The molecule has 88 valence electrons. The number of carbonyl (C=O) groups excluding carboxylic acids is 1. The molecule has 6 nitrogen and oxygen atoms in total. The monoisotopic (exact) mass is 231 g/mol. The lowest BCUT2D eigenvalue weighted by molar-refractivity contribution is -0.121. The summed E-state index contributed by atoms with van der Waals surface area (Å²) in [6, 6.07) is 7.26. The number of rotatable bonds is 3. The molecule has 0 atom stereocenters. The van der Waals surface area contributed by atoms with Gasteiger partial charge in [0.05, 0.1) is 0 Å². The van der Waals surface area contributed by atoms with Crippen molar-refractivity contribution < 1.29 is 4.79 Å². The first-order valence-electron chi connectivity index (χ1n) is 5.15. The first kappa shape index (κ1) is 11.1. The van der Waals surface area contributed by atoms with Crippen molar-refractivity contribution in [2.75, 3.05) is 12.8 Å². The van der Waals surface area contributed by atoms with E-state index in [1.165, 1.54) is 11.0 Å². The standard InChI is InChI=1S/C11H13N5O/c1-13-10(17)6-16-7-14-11(15-16)8-2-4-9(12)5-3-8/h2-5,7H,6,12H2,1H3,(H,13,17). The third-order valence-corrected chi connectivity index (χ3v) is 2.29. The Morgan fingerprint density at radius 1 is 1.41 bits per heavy atom. The zero-order chi connectivity index (χ0) is 12.3. The Balaban J connectivity index is 2.18. The number of aromatic nitrogens is 3. The van der Waals surface area contributed by atoms with E-state index in [1.54, 1.807) is 19.2 Å². The smallest absolute Gasteiger partial charge is 0.241 e. The van der Waals surface area contributed by atoms with Gasteiger partial charge in [-0.05, 0) is 24.3 Å². The number of likely N-dealkylation sites (N-methyl/N-ethyl adjacent to an activating group) is 1. The largest absolute Gasteiger partial charge is 0.399 e. The van der Waals surface area contributed by atoms with Crippen LogP contribution in [0, 0.1) is 0 Å². The van der Waals surface area contributed by atoms with E-state index in [0.29, 0.717) is 11.5 Å². The highest BCUT2D eigenvalue weighted by atomic mass is 16.1. The number of nitrogen functional groups attached to an aromatic ring is 1. The van der Waals surface area contributed by atoms with Gasteiger partial charge in [0.1, 0.15) is 12.9 Å². The molecule has 2 rings (SSSR count). The summed E-state index contributed by atoms with van der Waals surface area (Å²) in [5.74, 6) is 0.465. The van der Waals surface area contributed by atoms with Gasteiger partial charge in [-0.2, -0.15) is 5.10 Å². The van der Waals surface area contributed by atoms with E-state index in [4.69, 9.17) is 5.73 Å². The molecule has 0 saturated heterocycles. The van der Waals surface area contributed by atoms with Crippen molar-refractivity contribution in [3.05, 3.63) is 30.6 Å². The number of carbonyl (C=O) groups is 1. The maximum absolute atomic E-state index is 11.2. The lowest BCUT2D eigenvalue weighted by Crippen LogP contribution is -2.23. The van der Waals surface area contributed by atoms with E-state index in [1.807, 2.05) is 12.1 Å². The summed E-state index contributed by atoms with van der Waals surface area (Å²) < 4.78 is 1.49. The Labute approximate surface area is 98.5 Å². The minimum absolute atomic E-state index is 0.112. The topological polar surface area (TPSA) is 85.8 Å². The second-order valence-electron chi connectivity index (χ2n) is 3.56. The van der Waals surface area contributed by atoms with Crippen molar-refractivity contribution in [3.8, 4) is 11.4 Å². The van der Waals surface area contributed by atoms with Crippen LogP contribution in [0.3, 0.4) is 0 Å². The maximum atomic E-state index is 11.2. The fraction of sp³-hybridized carbons (Fsp3) is 0.182. The lowest BCUT2D eigenvalue weighted by atomic mass is 10.2. The van der Waals surface area contributed by atoms with Crippen molar-refractivity contribution in [1.82, 2.24) is 20.1 Å². The molecule has 0 unspecified atom stereocenters. The number of nitrogens with two attached hydrogens (primary N) is 1. The molecular formula is C11H13N5O. The normalized spacial score (nSPS) is 10.2. The highest BCUT2D eigenvalue weighted by Crippen LogP contribution is 2.15. The Morgan fingerprint density at radius 3 is 2.76 bits per heavy atom. The van der Waals surface area contributed by atoms with Crippen molar-refractivity contribution in [3.63, 3.8) is 0 Å². The third kappa shape index (κ3) is 2.60. The molecule has 0 aliphatic rings. The van der Waals surface area contributed by atoms with Crippen LogP contribution in [0.15, 0.2) is 30.6 Å². The van der Waals surface area contributed by atoms with Crippen LogP contribution in [0.25, 0.3) is 11.4 Å². The first-order chi connectivity index (χ1) is 8.19. The molecule has 1 amide bonds. The number of hydrogen-bond donors (Lipinski definition) is 2. The summed E-state index contributed by atoms with van der Waals surface area (Å²) in [7, 11) is 1.58. The Bertz CT molecular complexity index is 517. The molecule has 1 aromatic carbocycles. The summed E-state index contributed by atoms with van der Waals surface area (Å²) >= 11 is 0. The summed E-state index contributed by atoms with van der Waals surface area (Å²) in [6.07, 6.45) is 1.53. The second kappa shape index (κ2) is 4.65. The fourth-order valence-electron chi connectivity index (χ4n) is 1.36. The molecule has 0 bridgehead atoms. The van der Waals surface area contributed by atoms with Crippen molar-refractivity contribution >= 4 is 11.6 Å². The van der Waals surface area contributed by atoms with E-state index < -0.39 is 0 Å². The molecule has 0 aliphatic carbocycles. The van der Waals surface area contributed by atoms with Gasteiger partial charge >= 0.3 is 0 Å². The quantitative estimate of drug-likeness (QED) is 0.742. The van der Waals surface area contributed by atoms with Crippen LogP contribution >= 0.6 is 0 Å².